The van der Waals surface area contributed by atoms with Crippen LogP contribution in [0.25, 0.3) is 0 Å². The number of likely N-dealkylation sites (N-methyl/N-ethyl adjacent to an activating group) is 1. The van der Waals surface area contributed by atoms with Crippen molar-refractivity contribution in [3.8, 4) is 0 Å². The predicted octanol–water partition coefficient (Wildman–Crippen LogP) is 0.876. The topological polar surface area (TPSA) is 43.8 Å². The van der Waals surface area contributed by atoms with Crippen molar-refractivity contribution in [1.29, 1.82) is 0 Å². The molecule has 92 valence electrons. The van der Waals surface area contributed by atoms with E-state index < -0.39 is 5.97 Å². The molecule has 0 radical (unpaired) electrons. The third-order valence-electron chi connectivity index (χ3n) is 4.18. The fourth-order valence-electron chi connectivity index (χ4n) is 2.96. The van der Waals surface area contributed by atoms with Crippen LogP contribution in [0.5, 0.6) is 0 Å². The van der Waals surface area contributed by atoms with Crippen molar-refractivity contribution >= 4 is 5.97 Å². The van der Waals surface area contributed by atoms with Crippen molar-refractivity contribution in [2.75, 3.05) is 26.7 Å². The summed E-state index contributed by atoms with van der Waals surface area (Å²) in [6.45, 7) is 5.17. The number of carbonyl (C=O) groups is 1. The van der Waals surface area contributed by atoms with Gasteiger partial charge in [0.05, 0.1) is 5.92 Å². The second-order valence-corrected chi connectivity index (χ2v) is 5.35. The average Bonchev–Trinajstić information content (AvgIpc) is 2.59. The first-order valence-corrected chi connectivity index (χ1v) is 6.25. The molecule has 3 atom stereocenters. The molecule has 0 bridgehead atoms. The minimum atomic E-state index is -0.621. The lowest BCUT2D eigenvalue weighted by Gasteiger charge is -2.35. The molecule has 2 aliphatic heterocycles. The Bertz CT molecular complexity index is 260. The maximum atomic E-state index is 11.0. The lowest BCUT2D eigenvalue weighted by atomic mass is 9.96. The fourth-order valence-corrected chi connectivity index (χ4v) is 2.96. The molecule has 4 heteroatoms. The van der Waals surface area contributed by atoms with Crippen LogP contribution < -0.4 is 0 Å². The summed E-state index contributed by atoms with van der Waals surface area (Å²) in [4.78, 5) is 15.8. The van der Waals surface area contributed by atoms with E-state index in [9.17, 15) is 4.79 Å². The van der Waals surface area contributed by atoms with Crippen molar-refractivity contribution < 1.29 is 9.90 Å². The standard InChI is InChI=1S/C12H22N2O2/c1-9-6-11(8-13(9)2)14-5-3-4-10(7-14)12(15)16/h9-11H,3-8H2,1-2H3,(H,15,16). The molecule has 2 rings (SSSR count). The minimum absolute atomic E-state index is 0.144. The van der Waals surface area contributed by atoms with Crippen LogP contribution in [0.4, 0.5) is 0 Å². The highest BCUT2D eigenvalue weighted by molar-refractivity contribution is 5.70. The Kier molecular flexibility index (Phi) is 3.50. The van der Waals surface area contributed by atoms with Crippen LogP contribution >= 0.6 is 0 Å². The normalized spacial score (nSPS) is 37.8. The maximum absolute atomic E-state index is 11.0. The van der Waals surface area contributed by atoms with E-state index >= 15 is 0 Å². The van der Waals surface area contributed by atoms with E-state index in [1.165, 1.54) is 6.42 Å². The summed E-state index contributed by atoms with van der Waals surface area (Å²) in [6.07, 6.45) is 3.07. The smallest absolute Gasteiger partial charge is 0.307 e. The fraction of sp³-hybridized carbons (Fsp3) is 0.917. The van der Waals surface area contributed by atoms with Gasteiger partial charge in [0.2, 0.25) is 0 Å². The summed E-state index contributed by atoms with van der Waals surface area (Å²) < 4.78 is 0. The van der Waals surface area contributed by atoms with Gasteiger partial charge in [-0.05, 0) is 39.8 Å². The molecule has 0 saturated carbocycles. The number of likely N-dealkylation sites (tertiary alicyclic amines) is 2. The average molecular weight is 226 g/mol. The van der Waals surface area contributed by atoms with Crippen molar-refractivity contribution in [3.63, 3.8) is 0 Å². The van der Waals surface area contributed by atoms with E-state index in [1.54, 1.807) is 0 Å². The molecule has 3 unspecified atom stereocenters. The number of aliphatic carboxylic acids is 1. The summed E-state index contributed by atoms with van der Waals surface area (Å²) >= 11 is 0. The van der Waals surface area contributed by atoms with Crippen LogP contribution in [-0.4, -0.2) is 59.6 Å². The summed E-state index contributed by atoms with van der Waals surface area (Å²) in [7, 11) is 2.16. The zero-order valence-corrected chi connectivity index (χ0v) is 10.2. The number of nitrogens with zero attached hydrogens (tertiary/aromatic N) is 2. The van der Waals surface area contributed by atoms with Crippen molar-refractivity contribution in [3.05, 3.63) is 0 Å². The van der Waals surface area contributed by atoms with Crippen LogP contribution in [0.1, 0.15) is 26.2 Å². The Hall–Kier alpha value is -0.610. The number of piperidine rings is 1. The molecule has 0 aliphatic carbocycles. The number of hydrogen-bond acceptors (Lipinski definition) is 3. The highest BCUT2D eigenvalue weighted by Crippen LogP contribution is 2.25. The molecule has 0 spiro atoms. The number of hydrogen-bond donors (Lipinski definition) is 1. The van der Waals surface area contributed by atoms with Gasteiger partial charge in [-0.15, -0.1) is 0 Å². The SMILES string of the molecule is CC1CC(N2CCCC(C(=O)O)C2)CN1C. The van der Waals surface area contributed by atoms with Gasteiger partial charge in [0.15, 0.2) is 0 Å². The van der Waals surface area contributed by atoms with E-state index in [4.69, 9.17) is 5.11 Å². The number of carboxylic acid groups (broad SMARTS) is 1. The van der Waals surface area contributed by atoms with Gasteiger partial charge in [-0.3, -0.25) is 9.69 Å². The lowest BCUT2D eigenvalue weighted by Crippen LogP contribution is -2.45. The Morgan fingerprint density at radius 3 is 2.69 bits per heavy atom. The first-order valence-electron chi connectivity index (χ1n) is 6.25. The summed E-state index contributed by atoms with van der Waals surface area (Å²) in [5.41, 5.74) is 0. The number of rotatable bonds is 2. The summed E-state index contributed by atoms with van der Waals surface area (Å²) in [6, 6.07) is 1.21. The van der Waals surface area contributed by atoms with Crippen molar-refractivity contribution in [1.82, 2.24) is 9.80 Å². The van der Waals surface area contributed by atoms with Gasteiger partial charge in [0, 0.05) is 25.2 Å². The largest absolute Gasteiger partial charge is 0.481 e. The van der Waals surface area contributed by atoms with E-state index in [0.29, 0.717) is 12.1 Å². The maximum Gasteiger partial charge on any atom is 0.307 e. The highest BCUT2D eigenvalue weighted by Gasteiger charge is 2.34. The van der Waals surface area contributed by atoms with Crippen LogP contribution in [0.2, 0.25) is 0 Å². The molecule has 2 aliphatic rings. The van der Waals surface area contributed by atoms with Gasteiger partial charge >= 0.3 is 5.97 Å². The van der Waals surface area contributed by atoms with Gasteiger partial charge < -0.3 is 10.0 Å². The molecule has 4 nitrogen and oxygen atoms in total. The van der Waals surface area contributed by atoms with Gasteiger partial charge in [-0.2, -0.15) is 0 Å². The molecule has 0 aromatic carbocycles. The Morgan fingerprint density at radius 1 is 1.38 bits per heavy atom. The monoisotopic (exact) mass is 226 g/mol. The minimum Gasteiger partial charge on any atom is -0.481 e. The zero-order chi connectivity index (χ0) is 11.7. The molecular weight excluding hydrogens is 204 g/mol. The van der Waals surface area contributed by atoms with E-state index in [0.717, 1.165) is 32.5 Å². The third-order valence-corrected chi connectivity index (χ3v) is 4.18. The second kappa shape index (κ2) is 4.72. The molecular formula is C12H22N2O2. The summed E-state index contributed by atoms with van der Waals surface area (Å²) in [5.74, 6) is -0.765. The van der Waals surface area contributed by atoms with Crippen molar-refractivity contribution in [2.24, 2.45) is 5.92 Å². The van der Waals surface area contributed by atoms with Gasteiger partial charge in [-0.1, -0.05) is 0 Å². The Labute approximate surface area is 97.2 Å². The zero-order valence-electron chi connectivity index (χ0n) is 10.2. The lowest BCUT2D eigenvalue weighted by molar-refractivity contribution is -0.143. The second-order valence-electron chi connectivity index (χ2n) is 5.35. The van der Waals surface area contributed by atoms with E-state index in [-0.39, 0.29) is 5.92 Å². The van der Waals surface area contributed by atoms with Crippen LogP contribution in [-0.2, 0) is 4.79 Å². The molecule has 2 saturated heterocycles. The Balaban J connectivity index is 1.92. The molecule has 0 amide bonds. The summed E-state index contributed by atoms with van der Waals surface area (Å²) in [5, 5.41) is 9.07. The molecule has 0 aromatic heterocycles. The first kappa shape index (κ1) is 11.9. The molecule has 0 aromatic rings. The van der Waals surface area contributed by atoms with Gasteiger partial charge in [0.25, 0.3) is 0 Å². The van der Waals surface area contributed by atoms with Crippen LogP contribution in [0.3, 0.4) is 0 Å². The molecule has 1 N–H and O–H groups in total. The van der Waals surface area contributed by atoms with Gasteiger partial charge in [-0.25, -0.2) is 0 Å². The van der Waals surface area contributed by atoms with Crippen molar-refractivity contribution in [2.45, 2.75) is 38.3 Å². The predicted molar refractivity (Wildman–Crippen MR) is 62.4 cm³/mol. The number of carboxylic acids is 1. The molecule has 2 fully saturated rings. The Morgan fingerprint density at radius 2 is 2.12 bits per heavy atom. The van der Waals surface area contributed by atoms with E-state index in [2.05, 4.69) is 23.8 Å². The van der Waals surface area contributed by atoms with Crippen LogP contribution in [0, 0.1) is 5.92 Å². The molecule has 2 heterocycles. The first-order chi connectivity index (χ1) is 7.58. The quantitative estimate of drug-likeness (QED) is 0.759. The highest BCUT2D eigenvalue weighted by atomic mass is 16.4. The van der Waals surface area contributed by atoms with E-state index in [1.807, 2.05) is 0 Å². The van der Waals surface area contributed by atoms with Gasteiger partial charge in [0.1, 0.15) is 0 Å². The third kappa shape index (κ3) is 2.38. The van der Waals surface area contributed by atoms with Crippen LogP contribution in [0.15, 0.2) is 0 Å². The molecule has 16 heavy (non-hydrogen) atoms.